The Morgan fingerprint density at radius 1 is 1.31 bits per heavy atom. The fourth-order valence-corrected chi connectivity index (χ4v) is 2.27. The molecule has 16 heavy (non-hydrogen) atoms. The van der Waals surface area contributed by atoms with Gasteiger partial charge in [-0.2, -0.15) is 0 Å². The van der Waals surface area contributed by atoms with Crippen LogP contribution >= 0.6 is 11.8 Å². The number of carbonyl (C=O) groups is 2. The first-order valence-corrected chi connectivity index (χ1v) is 5.88. The van der Waals surface area contributed by atoms with Crippen molar-refractivity contribution in [2.45, 2.75) is 12.2 Å². The molecule has 1 atom stereocenters. The van der Waals surface area contributed by atoms with Crippen LogP contribution in [-0.4, -0.2) is 22.8 Å². The number of halogens is 1. The Bertz CT molecular complexity index is 432. The Balaban J connectivity index is 2.34. The Morgan fingerprint density at radius 3 is 2.56 bits per heavy atom. The zero-order valence-electron chi connectivity index (χ0n) is 8.64. The lowest BCUT2D eigenvalue weighted by Gasteiger charge is -2.28. The maximum atomic E-state index is 12.7. The van der Waals surface area contributed by atoms with Crippen LogP contribution in [0, 0.1) is 5.82 Å². The fraction of sp³-hybridized carbons (Fsp3) is 0.273. The Hall–Kier alpha value is -1.36. The smallest absolute Gasteiger partial charge is 0.246 e. The van der Waals surface area contributed by atoms with Gasteiger partial charge in [0.05, 0.1) is 16.7 Å². The van der Waals surface area contributed by atoms with Crippen molar-refractivity contribution in [3.8, 4) is 0 Å². The van der Waals surface area contributed by atoms with E-state index < -0.39 is 0 Å². The highest BCUT2D eigenvalue weighted by Crippen LogP contribution is 2.25. The fourth-order valence-electron chi connectivity index (χ4n) is 1.50. The number of anilines is 1. The highest BCUT2D eigenvalue weighted by molar-refractivity contribution is 8.01. The minimum Gasteiger partial charge on any atom is -0.273 e. The summed E-state index contributed by atoms with van der Waals surface area (Å²) in [5, 5.41) is -0.234. The van der Waals surface area contributed by atoms with E-state index in [1.165, 1.54) is 36.0 Å². The molecule has 1 aliphatic heterocycles. The van der Waals surface area contributed by atoms with Gasteiger partial charge in [0.25, 0.3) is 0 Å². The normalized spacial score (nSPS) is 21.4. The molecule has 0 bridgehead atoms. The minimum atomic E-state index is -0.386. The Kier molecular flexibility index (Phi) is 2.96. The van der Waals surface area contributed by atoms with Crippen molar-refractivity contribution in [1.29, 1.82) is 0 Å². The molecule has 3 nitrogen and oxygen atoms in total. The van der Waals surface area contributed by atoms with Crippen LogP contribution in [0.4, 0.5) is 10.1 Å². The van der Waals surface area contributed by atoms with Crippen molar-refractivity contribution in [3.63, 3.8) is 0 Å². The van der Waals surface area contributed by atoms with Gasteiger partial charge in [0.15, 0.2) is 0 Å². The molecule has 0 saturated carbocycles. The number of rotatable bonds is 1. The van der Waals surface area contributed by atoms with Crippen LogP contribution in [0.3, 0.4) is 0 Å². The minimum absolute atomic E-state index is 0.234. The SMILES string of the molecule is CC1SCC(=O)N(c2ccc(F)cc2)C1=O. The van der Waals surface area contributed by atoms with Crippen LogP contribution < -0.4 is 4.90 Å². The van der Waals surface area contributed by atoms with Crippen molar-refractivity contribution in [1.82, 2.24) is 0 Å². The number of benzene rings is 1. The van der Waals surface area contributed by atoms with E-state index in [1.807, 2.05) is 0 Å². The molecule has 0 radical (unpaired) electrons. The number of hydrogen-bond donors (Lipinski definition) is 0. The van der Waals surface area contributed by atoms with Crippen molar-refractivity contribution in [3.05, 3.63) is 30.1 Å². The first-order chi connectivity index (χ1) is 7.59. The van der Waals surface area contributed by atoms with E-state index in [0.29, 0.717) is 5.69 Å². The zero-order valence-corrected chi connectivity index (χ0v) is 9.46. The van der Waals surface area contributed by atoms with Crippen LogP contribution in [0.25, 0.3) is 0 Å². The van der Waals surface area contributed by atoms with Gasteiger partial charge in [0, 0.05) is 0 Å². The molecule has 2 amide bonds. The number of hydrogen-bond acceptors (Lipinski definition) is 3. The van der Waals surface area contributed by atoms with Gasteiger partial charge in [-0.1, -0.05) is 0 Å². The summed E-state index contributed by atoms with van der Waals surface area (Å²) in [4.78, 5) is 24.6. The summed E-state index contributed by atoms with van der Waals surface area (Å²) in [7, 11) is 0. The van der Waals surface area contributed by atoms with Gasteiger partial charge < -0.3 is 0 Å². The number of thioether (sulfide) groups is 1. The standard InChI is InChI=1S/C11H10FNO2S/c1-7-11(15)13(10(14)6-16-7)9-4-2-8(12)3-5-9/h2-5,7H,6H2,1H3. The molecule has 5 heteroatoms. The summed E-state index contributed by atoms with van der Waals surface area (Å²) in [6.45, 7) is 1.76. The van der Waals surface area contributed by atoms with E-state index in [1.54, 1.807) is 6.92 Å². The van der Waals surface area contributed by atoms with Crippen LogP contribution in [0.1, 0.15) is 6.92 Å². The summed E-state index contributed by atoms with van der Waals surface area (Å²) in [6, 6.07) is 5.35. The largest absolute Gasteiger partial charge is 0.273 e. The van der Waals surface area contributed by atoms with E-state index >= 15 is 0 Å². The highest BCUT2D eigenvalue weighted by Gasteiger charge is 2.33. The molecule has 1 unspecified atom stereocenters. The first kappa shape index (κ1) is 11.1. The van der Waals surface area contributed by atoms with E-state index in [9.17, 15) is 14.0 Å². The van der Waals surface area contributed by atoms with Crippen molar-refractivity contribution in [2.24, 2.45) is 0 Å². The summed E-state index contributed by atoms with van der Waals surface area (Å²) in [5.74, 6) is -0.597. The summed E-state index contributed by atoms with van der Waals surface area (Å²) in [5.41, 5.74) is 0.434. The molecule has 0 spiro atoms. The van der Waals surface area contributed by atoms with Crippen molar-refractivity contribution in [2.75, 3.05) is 10.7 Å². The molecule has 1 aliphatic rings. The number of carbonyl (C=O) groups excluding carboxylic acids is 2. The summed E-state index contributed by atoms with van der Waals surface area (Å²) < 4.78 is 12.7. The third kappa shape index (κ3) is 1.95. The van der Waals surface area contributed by atoms with Gasteiger partial charge in [-0.3, -0.25) is 9.59 Å². The third-order valence-electron chi connectivity index (χ3n) is 2.36. The van der Waals surface area contributed by atoms with Gasteiger partial charge in [-0.15, -0.1) is 11.8 Å². The lowest BCUT2D eigenvalue weighted by molar-refractivity contribution is -0.125. The predicted octanol–water partition coefficient (Wildman–Crippen LogP) is 1.82. The summed E-state index contributed by atoms with van der Waals surface area (Å²) in [6.07, 6.45) is 0. The average Bonchev–Trinajstić information content (AvgIpc) is 2.27. The zero-order chi connectivity index (χ0) is 11.7. The quantitative estimate of drug-likeness (QED) is 0.701. The maximum absolute atomic E-state index is 12.7. The second-order valence-electron chi connectivity index (χ2n) is 3.50. The Morgan fingerprint density at radius 2 is 1.94 bits per heavy atom. The second-order valence-corrected chi connectivity index (χ2v) is 4.83. The van der Waals surface area contributed by atoms with Gasteiger partial charge in [-0.25, -0.2) is 9.29 Å². The molecule has 1 fully saturated rings. The number of amides is 2. The van der Waals surface area contributed by atoms with Gasteiger partial charge >= 0.3 is 0 Å². The molecule has 1 heterocycles. The second kappa shape index (κ2) is 4.25. The van der Waals surface area contributed by atoms with Gasteiger partial charge in [-0.05, 0) is 31.2 Å². The summed E-state index contributed by atoms with van der Waals surface area (Å²) >= 11 is 1.32. The van der Waals surface area contributed by atoms with Gasteiger partial charge in [0.1, 0.15) is 5.82 Å². The van der Waals surface area contributed by atoms with E-state index in [4.69, 9.17) is 0 Å². The van der Waals surface area contributed by atoms with E-state index in [-0.39, 0.29) is 28.6 Å². The molecule has 1 aromatic carbocycles. The molecular weight excluding hydrogens is 229 g/mol. The monoisotopic (exact) mass is 239 g/mol. The van der Waals surface area contributed by atoms with Crippen LogP contribution in [0.5, 0.6) is 0 Å². The molecular formula is C11H10FNO2S. The number of nitrogens with zero attached hydrogens (tertiary/aromatic N) is 1. The van der Waals surface area contributed by atoms with Crippen LogP contribution in [0.15, 0.2) is 24.3 Å². The third-order valence-corrected chi connectivity index (χ3v) is 3.47. The molecule has 1 saturated heterocycles. The first-order valence-electron chi connectivity index (χ1n) is 4.83. The van der Waals surface area contributed by atoms with E-state index in [0.717, 1.165) is 4.90 Å². The number of imide groups is 1. The molecule has 0 aliphatic carbocycles. The average molecular weight is 239 g/mol. The topological polar surface area (TPSA) is 37.4 Å². The van der Waals surface area contributed by atoms with E-state index in [2.05, 4.69) is 0 Å². The Labute approximate surface area is 96.6 Å². The van der Waals surface area contributed by atoms with Crippen LogP contribution in [0.2, 0.25) is 0 Å². The molecule has 0 aromatic heterocycles. The molecule has 0 N–H and O–H groups in total. The highest BCUT2D eigenvalue weighted by atomic mass is 32.2. The van der Waals surface area contributed by atoms with Gasteiger partial charge in [0.2, 0.25) is 11.8 Å². The van der Waals surface area contributed by atoms with Crippen molar-refractivity contribution >= 4 is 29.3 Å². The molecule has 1 aromatic rings. The molecule has 84 valence electrons. The molecule has 2 rings (SSSR count). The lowest BCUT2D eigenvalue weighted by atomic mass is 10.2. The lowest BCUT2D eigenvalue weighted by Crippen LogP contribution is -2.46. The van der Waals surface area contributed by atoms with Crippen molar-refractivity contribution < 1.29 is 14.0 Å². The van der Waals surface area contributed by atoms with Crippen LogP contribution in [-0.2, 0) is 9.59 Å². The maximum Gasteiger partial charge on any atom is 0.246 e. The predicted molar refractivity (Wildman–Crippen MR) is 60.8 cm³/mol.